The monoisotopic (exact) mass is 464 g/mol. The van der Waals surface area contributed by atoms with Crippen molar-refractivity contribution in [1.82, 2.24) is 0 Å². The molecule has 5 heteroatoms. The Morgan fingerprint density at radius 2 is 1.49 bits per heavy atom. The van der Waals surface area contributed by atoms with Gasteiger partial charge in [-0.1, -0.05) is 66.7 Å². The van der Waals surface area contributed by atoms with Gasteiger partial charge in [-0.25, -0.2) is 0 Å². The summed E-state index contributed by atoms with van der Waals surface area (Å²) in [5, 5.41) is 2.91. The molecule has 0 aliphatic rings. The van der Waals surface area contributed by atoms with Gasteiger partial charge in [0.1, 0.15) is 5.75 Å². The molecule has 4 aromatic rings. The molecule has 0 aliphatic carbocycles. The van der Waals surface area contributed by atoms with Gasteiger partial charge in [-0.2, -0.15) is 0 Å². The summed E-state index contributed by atoms with van der Waals surface area (Å²) in [6, 6.07) is 33.8. The lowest BCUT2D eigenvalue weighted by Crippen LogP contribution is -2.30. The molecule has 0 bridgehead atoms. The van der Waals surface area contributed by atoms with Crippen LogP contribution in [0.5, 0.6) is 5.75 Å². The Balaban J connectivity index is 1.45. The first-order valence-electron chi connectivity index (χ1n) is 11.7. The third kappa shape index (κ3) is 6.15. The standard InChI is InChI=1S/C30H28N2O3/c1-2-32(26-16-7-4-8-17-26)30(34)24-14-11-15-25(22-24)31-29(33)27-18-9-10-19-28(27)35-21-20-23-12-5-3-6-13-23/h3-19,22H,2,20-21H2,1H3,(H,31,33). The molecule has 0 fully saturated rings. The van der Waals surface area contributed by atoms with Crippen molar-refractivity contribution in [3.05, 3.63) is 126 Å². The number of hydrogen-bond donors (Lipinski definition) is 1. The van der Waals surface area contributed by atoms with E-state index in [0.29, 0.717) is 35.7 Å². The van der Waals surface area contributed by atoms with Gasteiger partial charge in [0.25, 0.3) is 11.8 Å². The van der Waals surface area contributed by atoms with Gasteiger partial charge in [0.05, 0.1) is 12.2 Å². The highest BCUT2D eigenvalue weighted by molar-refractivity contribution is 6.09. The quantitative estimate of drug-likeness (QED) is 0.320. The summed E-state index contributed by atoms with van der Waals surface area (Å²) >= 11 is 0. The average molecular weight is 465 g/mol. The maximum atomic E-state index is 13.2. The molecule has 2 amide bonds. The van der Waals surface area contributed by atoms with Crippen LogP contribution < -0.4 is 15.0 Å². The predicted molar refractivity (Wildman–Crippen MR) is 140 cm³/mol. The Hall–Kier alpha value is -4.38. The number of hydrogen-bond acceptors (Lipinski definition) is 3. The predicted octanol–water partition coefficient (Wildman–Crippen LogP) is 6.23. The average Bonchev–Trinajstić information content (AvgIpc) is 2.91. The van der Waals surface area contributed by atoms with Gasteiger partial charge in [0.15, 0.2) is 0 Å². The SMILES string of the molecule is CCN(C(=O)c1cccc(NC(=O)c2ccccc2OCCc2ccccc2)c1)c1ccccc1. The molecule has 4 aromatic carbocycles. The molecule has 0 radical (unpaired) electrons. The van der Waals surface area contributed by atoms with Crippen LogP contribution in [0.3, 0.4) is 0 Å². The van der Waals surface area contributed by atoms with E-state index in [-0.39, 0.29) is 11.8 Å². The lowest BCUT2D eigenvalue weighted by Gasteiger charge is -2.21. The number of nitrogens with zero attached hydrogens (tertiary/aromatic N) is 1. The fraction of sp³-hybridized carbons (Fsp3) is 0.133. The van der Waals surface area contributed by atoms with Crippen LogP contribution in [0.1, 0.15) is 33.2 Å². The van der Waals surface area contributed by atoms with Crippen LogP contribution in [-0.4, -0.2) is 25.0 Å². The molecule has 0 saturated heterocycles. The van der Waals surface area contributed by atoms with E-state index in [1.165, 1.54) is 5.56 Å². The minimum atomic E-state index is -0.291. The smallest absolute Gasteiger partial charge is 0.259 e. The molecule has 176 valence electrons. The molecule has 4 rings (SSSR count). The third-order valence-corrected chi connectivity index (χ3v) is 5.62. The van der Waals surface area contributed by atoms with Gasteiger partial charge < -0.3 is 15.0 Å². The number of amides is 2. The minimum absolute atomic E-state index is 0.126. The van der Waals surface area contributed by atoms with Crippen LogP contribution in [0.4, 0.5) is 11.4 Å². The fourth-order valence-corrected chi connectivity index (χ4v) is 3.84. The summed E-state index contributed by atoms with van der Waals surface area (Å²) in [6.07, 6.45) is 0.746. The number of anilines is 2. The highest BCUT2D eigenvalue weighted by Gasteiger charge is 2.17. The number of carbonyl (C=O) groups is 2. The van der Waals surface area contributed by atoms with Crippen molar-refractivity contribution in [1.29, 1.82) is 0 Å². The molecule has 35 heavy (non-hydrogen) atoms. The van der Waals surface area contributed by atoms with Gasteiger partial charge >= 0.3 is 0 Å². The Labute approximate surface area is 206 Å². The maximum absolute atomic E-state index is 13.2. The van der Waals surface area contributed by atoms with Crippen LogP contribution in [0.15, 0.2) is 109 Å². The normalized spacial score (nSPS) is 10.4. The Bertz CT molecular complexity index is 1270. The largest absolute Gasteiger partial charge is 0.492 e. The van der Waals surface area contributed by atoms with E-state index in [2.05, 4.69) is 5.32 Å². The van der Waals surface area contributed by atoms with E-state index in [0.717, 1.165) is 12.1 Å². The summed E-state index contributed by atoms with van der Waals surface area (Å²) in [7, 11) is 0. The molecule has 5 nitrogen and oxygen atoms in total. The highest BCUT2D eigenvalue weighted by atomic mass is 16.5. The zero-order valence-electron chi connectivity index (χ0n) is 19.7. The van der Waals surface area contributed by atoms with Gasteiger partial charge in [0.2, 0.25) is 0 Å². The van der Waals surface area contributed by atoms with Gasteiger partial charge in [-0.15, -0.1) is 0 Å². The van der Waals surface area contributed by atoms with Crippen molar-refractivity contribution >= 4 is 23.2 Å². The van der Waals surface area contributed by atoms with Crippen molar-refractivity contribution in [3.8, 4) is 5.75 Å². The molecule has 0 saturated carbocycles. The van der Waals surface area contributed by atoms with E-state index >= 15 is 0 Å². The molecule has 0 atom stereocenters. The van der Waals surface area contributed by atoms with Crippen LogP contribution >= 0.6 is 0 Å². The van der Waals surface area contributed by atoms with Crippen molar-refractivity contribution in [2.24, 2.45) is 0 Å². The van der Waals surface area contributed by atoms with Crippen LogP contribution in [-0.2, 0) is 6.42 Å². The molecular weight excluding hydrogens is 436 g/mol. The molecule has 0 heterocycles. The van der Waals surface area contributed by atoms with Crippen LogP contribution in [0.2, 0.25) is 0 Å². The van der Waals surface area contributed by atoms with Gasteiger partial charge in [-0.05, 0) is 55.0 Å². The number of benzene rings is 4. The molecule has 0 aliphatic heterocycles. The first-order valence-corrected chi connectivity index (χ1v) is 11.7. The number of ether oxygens (including phenoxy) is 1. The number of rotatable bonds is 9. The summed E-state index contributed by atoms with van der Waals surface area (Å²) in [4.78, 5) is 27.9. The summed E-state index contributed by atoms with van der Waals surface area (Å²) in [6.45, 7) is 2.93. The number of para-hydroxylation sites is 2. The topological polar surface area (TPSA) is 58.6 Å². The zero-order valence-corrected chi connectivity index (χ0v) is 19.7. The maximum Gasteiger partial charge on any atom is 0.259 e. The van der Waals surface area contributed by atoms with Crippen LogP contribution in [0.25, 0.3) is 0 Å². The zero-order chi connectivity index (χ0) is 24.5. The van der Waals surface area contributed by atoms with Crippen molar-refractivity contribution < 1.29 is 14.3 Å². The summed E-state index contributed by atoms with van der Waals surface area (Å²) in [5.41, 5.74) is 3.49. The molecular formula is C30H28N2O3. The van der Waals surface area contributed by atoms with E-state index in [1.807, 2.05) is 73.7 Å². The van der Waals surface area contributed by atoms with Crippen LogP contribution in [0, 0.1) is 0 Å². The van der Waals surface area contributed by atoms with Gasteiger partial charge in [0, 0.05) is 29.9 Å². The lowest BCUT2D eigenvalue weighted by molar-refractivity contribution is 0.0985. The van der Waals surface area contributed by atoms with E-state index in [4.69, 9.17) is 4.74 Å². The Morgan fingerprint density at radius 3 is 2.23 bits per heavy atom. The third-order valence-electron chi connectivity index (χ3n) is 5.62. The second kappa shape index (κ2) is 11.7. The number of nitrogens with one attached hydrogen (secondary N) is 1. The fourth-order valence-electron chi connectivity index (χ4n) is 3.84. The molecule has 0 aromatic heterocycles. The van der Waals surface area contributed by atoms with E-state index < -0.39 is 0 Å². The van der Waals surface area contributed by atoms with Crippen molar-refractivity contribution in [2.45, 2.75) is 13.3 Å². The Kier molecular flexibility index (Phi) is 7.92. The summed E-state index contributed by atoms with van der Waals surface area (Å²) in [5.74, 6) is 0.106. The minimum Gasteiger partial charge on any atom is -0.492 e. The molecule has 0 spiro atoms. The lowest BCUT2D eigenvalue weighted by atomic mass is 10.1. The summed E-state index contributed by atoms with van der Waals surface area (Å²) < 4.78 is 5.94. The first-order chi connectivity index (χ1) is 17.2. The van der Waals surface area contributed by atoms with Crippen molar-refractivity contribution in [2.75, 3.05) is 23.4 Å². The highest BCUT2D eigenvalue weighted by Crippen LogP contribution is 2.22. The second-order valence-electron chi connectivity index (χ2n) is 8.00. The van der Waals surface area contributed by atoms with E-state index in [1.54, 1.807) is 47.4 Å². The second-order valence-corrected chi connectivity index (χ2v) is 8.00. The van der Waals surface area contributed by atoms with E-state index in [9.17, 15) is 9.59 Å². The van der Waals surface area contributed by atoms with Crippen molar-refractivity contribution in [3.63, 3.8) is 0 Å². The molecule has 0 unspecified atom stereocenters. The first kappa shape index (κ1) is 23.8. The van der Waals surface area contributed by atoms with Gasteiger partial charge in [-0.3, -0.25) is 9.59 Å². The number of carbonyl (C=O) groups excluding carboxylic acids is 2. The Morgan fingerprint density at radius 1 is 0.800 bits per heavy atom. The molecule has 1 N–H and O–H groups in total.